The Balaban J connectivity index is 2.01. The van der Waals surface area contributed by atoms with Crippen molar-refractivity contribution < 1.29 is 18.7 Å². The highest BCUT2D eigenvalue weighted by Crippen LogP contribution is 2.33. The number of pyridine rings is 1. The van der Waals surface area contributed by atoms with E-state index in [0.717, 1.165) is 0 Å². The van der Waals surface area contributed by atoms with Gasteiger partial charge in [-0.3, -0.25) is 4.79 Å². The molecule has 0 saturated heterocycles. The van der Waals surface area contributed by atoms with E-state index in [2.05, 4.69) is 10.3 Å². The van der Waals surface area contributed by atoms with Gasteiger partial charge in [0.15, 0.2) is 0 Å². The number of methoxy groups -OCH3 is 1. The third kappa shape index (κ3) is 3.80. The van der Waals surface area contributed by atoms with Crippen molar-refractivity contribution in [1.29, 1.82) is 0 Å². The fourth-order valence-corrected chi connectivity index (χ4v) is 2.48. The quantitative estimate of drug-likeness (QED) is 0.753. The molecule has 0 saturated carbocycles. The first kappa shape index (κ1) is 17.4. The lowest BCUT2D eigenvalue weighted by Crippen LogP contribution is -2.17. The summed E-state index contributed by atoms with van der Waals surface area (Å²) in [6.45, 7) is 0. The number of rotatable bonds is 5. The Bertz CT molecular complexity index is 944. The number of hydrogen-bond donors (Lipinski definition) is 1. The van der Waals surface area contributed by atoms with E-state index in [0.29, 0.717) is 34.1 Å². The Morgan fingerprint density at radius 2 is 1.88 bits per heavy atom. The molecule has 0 radical (unpaired) electrons. The molecule has 0 aliphatic rings. The van der Waals surface area contributed by atoms with Crippen LogP contribution in [0.5, 0.6) is 17.4 Å². The van der Waals surface area contributed by atoms with E-state index in [1.807, 2.05) is 0 Å². The zero-order valence-corrected chi connectivity index (χ0v) is 14.3. The van der Waals surface area contributed by atoms with Crippen molar-refractivity contribution in [3.8, 4) is 28.5 Å². The smallest absolute Gasteiger partial charge is 0.251 e. The van der Waals surface area contributed by atoms with Gasteiger partial charge in [0.25, 0.3) is 5.91 Å². The molecule has 3 rings (SSSR count). The molecule has 5 nitrogen and oxygen atoms in total. The van der Waals surface area contributed by atoms with Crippen LogP contribution in [0.4, 0.5) is 4.39 Å². The van der Waals surface area contributed by atoms with Crippen LogP contribution in [0.2, 0.25) is 0 Å². The molecule has 1 amide bonds. The summed E-state index contributed by atoms with van der Waals surface area (Å²) in [5, 5.41) is 2.56. The molecule has 0 fully saturated rings. The molecule has 0 atom stereocenters. The summed E-state index contributed by atoms with van der Waals surface area (Å²) < 4.78 is 24.7. The van der Waals surface area contributed by atoms with E-state index < -0.39 is 0 Å². The Morgan fingerprint density at radius 1 is 1.08 bits per heavy atom. The Morgan fingerprint density at radius 3 is 2.62 bits per heavy atom. The van der Waals surface area contributed by atoms with Crippen LogP contribution >= 0.6 is 0 Å². The van der Waals surface area contributed by atoms with Gasteiger partial charge in [-0.05, 0) is 42.0 Å². The number of nitrogens with zero attached hydrogens (tertiary/aromatic N) is 1. The highest BCUT2D eigenvalue weighted by molar-refractivity contribution is 5.94. The van der Waals surface area contributed by atoms with E-state index in [9.17, 15) is 9.18 Å². The largest absolute Gasteiger partial charge is 0.497 e. The van der Waals surface area contributed by atoms with E-state index >= 15 is 0 Å². The minimum absolute atomic E-state index is 0.264. The first-order chi connectivity index (χ1) is 12.6. The molecule has 0 aliphatic heterocycles. The monoisotopic (exact) mass is 352 g/mol. The van der Waals surface area contributed by atoms with Crippen LogP contribution < -0.4 is 14.8 Å². The van der Waals surface area contributed by atoms with Gasteiger partial charge in [0, 0.05) is 30.4 Å². The lowest BCUT2D eigenvalue weighted by Gasteiger charge is -2.12. The Kier molecular flexibility index (Phi) is 5.12. The van der Waals surface area contributed by atoms with Gasteiger partial charge in [-0.1, -0.05) is 12.1 Å². The second-order valence-electron chi connectivity index (χ2n) is 5.44. The van der Waals surface area contributed by atoms with Gasteiger partial charge in [-0.2, -0.15) is 0 Å². The number of ether oxygens (including phenoxy) is 2. The number of halogens is 1. The van der Waals surface area contributed by atoms with E-state index in [4.69, 9.17) is 9.47 Å². The molecule has 1 heterocycles. The zero-order valence-electron chi connectivity index (χ0n) is 14.3. The van der Waals surface area contributed by atoms with Gasteiger partial charge in [0.1, 0.15) is 17.3 Å². The summed E-state index contributed by atoms with van der Waals surface area (Å²) in [6.07, 6.45) is 1.58. The zero-order chi connectivity index (χ0) is 18.5. The van der Waals surface area contributed by atoms with E-state index in [-0.39, 0.29) is 11.7 Å². The van der Waals surface area contributed by atoms with Crippen molar-refractivity contribution in [2.24, 2.45) is 0 Å². The van der Waals surface area contributed by atoms with Crippen LogP contribution in [0.1, 0.15) is 10.4 Å². The number of carbonyl (C=O) groups is 1. The minimum Gasteiger partial charge on any atom is -0.497 e. The number of carbonyl (C=O) groups excluding carboxylic acids is 1. The first-order valence-corrected chi connectivity index (χ1v) is 7.90. The Labute approximate surface area is 150 Å². The van der Waals surface area contributed by atoms with Crippen LogP contribution in [0.15, 0.2) is 60.8 Å². The topological polar surface area (TPSA) is 60.5 Å². The molecule has 1 N–H and O–H groups in total. The van der Waals surface area contributed by atoms with Gasteiger partial charge < -0.3 is 14.8 Å². The molecule has 0 unspecified atom stereocenters. The number of hydrogen-bond acceptors (Lipinski definition) is 4. The van der Waals surface area contributed by atoms with Gasteiger partial charge in [0.05, 0.1) is 7.11 Å². The van der Waals surface area contributed by atoms with Gasteiger partial charge >= 0.3 is 0 Å². The highest BCUT2D eigenvalue weighted by atomic mass is 19.1. The fraction of sp³-hybridized carbons (Fsp3) is 0.100. The van der Waals surface area contributed by atoms with E-state index in [1.165, 1.54) is 19.2 Å². The second-order valence-corrected chi connectivity index (χ2v) is 5.44. The fourth-order valence-electron chi connectivity index (χ4n) is 2.48. The highest BCUT2D eigenvalue weighted by Gasteiger charge is 2.13. The van der Waals surface area contributed by atoms with Gasteiger partial charge in [-0.15, -0.1) is 0 Å². The Hall–Kier alpha value is -3.41. The number of aromatic nitrogens is 1. The molecule has 6 heteroatoms. The SMILES string of the molecule is CNC(=O)c1cc(OC)cc(Oc2ncccc2-c2cccc(F)c2)c1. The predicted molar refractivity (Wildman–Crippen MR) is 96.1 cm³/mol. The van der Waals surface area contributed by atoms with Crippen molar-refractivity contribution in [1.82, 2.24) is 10.3 Å². The van der Waals surface area contributed by atoms with Crippen LogP contribution in [0.25, 0.3) is 11.1 Å². The van der Waals surface area contributed by atoms with Crippen molar-refractivity contribution in [3.63, 3.8) is 0 Å². The van der Waals surface area contributed by atoms with Crippen molar-refractivity contribution in [3.05, 3.63) is 72.2 Å². The van der Waals surface area contributed by atoms with Gasteiger partial charge in [-0.25, -0.2) is 9.37 Å². The normalized spacial score (nSPS) is 10.3. The lowest BCUT2D eigenvalue weighted by atomic mass is 10.1. The molecule has 0 bridgehead atoms. The molecule has 0 aliphatic carbocycles. The minimum atomic E-state index is -0.347. The van der Waals surface area contributed by atoms with Crippen molar-refractivity contribution >= 4 is 5.91 Å². The third-order valence-electron chi connectivity index (χ3n) is 3.73. The molecular weight excluding hydrogens is 335 g/mol. The van der Waals surface area contributed by atoms with Crippen molar-refractivity contribution in [2.45, 2.75) is 0 Å². The average molecular weight is 352 g/mol. The maximum atomic E-state index is 13.6. The molecule has 2 aromatic carbocycles. The van der Waals surface area contributed by atoms with Crippen LogP contribution in [0.3, 0.4) is 0 Å². The summed E-state index contributed by atoms with van der Waals surface area (Å²) in [5.74, 6) is 0.554. The van der Waals surface area contributed by atoms with Crippen molar-refractivity contribution in [2.75, 3.05) is 14.2 Å². The molecule has 0 spiro atoms. The first-order valence-electron chi connectivity index (χ1n) is 7.90. The summed E-state index contributed by atoms with van der Waals surface area (Å²) in [6, 6.07) is 14.6. The second kappa shape index (κ2) is 7.65. The van der Waals surface area contributed by atoms with Crippen LogP contribution in [0, 0.1) is 5.82 Å². The van der Waals surface area contributed by atoms with Crippen LogP contribution in [-0.4, -0.2) is 25.0 Å². The predicted octanol–water partition coefficient (Wildman–Crippen LogP) is 4.05. The average Bonchev–Trinajstić information content (AvgIpc) is 2.67. The summed E-state index contributed by atoms with van der Waals surface area (Å²) in [4.78, 5) is 16.2. The maximum absolute atomic E-state index is 13.6. The van der Waals surface area contributed by atoms with E-state index in [1.54, 1.807) is 55.7 Å². The molecule has 132 valence electrons. The number of nitrogens with one attached hydrogen (secondary N) is 1. The standard InChI is InChI=1S/C20H17FN2O3/c1-22-19(24)14-10-16(25-2)12-17(11-14)26-20-18(7-4-8-23-20)13-5-3-6-15(21)9-13/h3-12H,1-2H3,(H,22,24). The van der Waals surface area contributed by atoms with Gasteiger partial charge in [0.2, 0.25) is 5.88 Å². The maximum Gasteiger partial charge on any atom is 0.251 e. The summed E-state index contributed by atoms with van der Waals surface area (Å²) >= 11 is 0. The molecule has 1 aromatic heterocycles. The molecular formula is C20H17FN2O3. The molecule has 3 aromatic rings. The summed E-state index contributed by atoms with van der Waals surface area (Å²) in [7, 11) is 3.05. The number of amides is 1. The molecule has 26 heavy (non-hydrogen) atoms. The van der Waals surface area contributed by atoms with Crippen LogP contribution in [-0.2, 0) is 0 Å². The number of benzene rings is 2. The summed E-state index contributed by atoms with van der Waals surface area (Å²) in [5.41, 5.74) is 1.67. The lowest BCUT2D eigenvalue weighted by molar-refractivity contribution is 0.0962. The third-order valence-corrected chi connectivity index (χ3v) is 3.73.